The summed E-state index contributed by atoms with van der Waals surface area (Å²) in [5, 5.41) is 3.19. The molecule has 1 aromatic carbocycles. The molecule has 3 N–H and O–H groups in total. The van der Waals surface area contributed by atoms with Crippen molar-refractivity contribution in [2.45, 2.75) is 38.8 Å². The van der Waals surface area contributed by atoms with Crippen LogP contribution in [0.3, 0.4) is 0 Å². The van der Waals surface area contributed by atoms with E-state index in [1.54, 1.807) is 0 Å². The van der Waals surface area contributed by atoms with E-state index in [4.69, 9.17) is 10.5 Å². The van der Waals surface area contributed by atoms with Crippen LogP contribution in [0.2, 0.25) is 0 Å². The van der Waals surface area contributed by atoms with Crippen molar-refractivity contribution in [3.8, 4) is 5.75 Å². The molecule has 118 valence electrons. The predicted molar refractivity (Wildman–Crippen MR) is 81.9 cm³/mol. The molecule has 0 amide bonds. The molecule has 0 atom stereocenters. The molecule has 21 heavy (non-hydrogen) atoms. The van der Waals surface area contributed by atoms with Crippen LogP contribution in [0.25, 0.3) is 0 Å². The van der Waals surface area contributed by atoms with E-state index in [9.17, 15) is 12.8 Å². The normalized spacial score (nSPS) is 18.7. The Morgan fingerprint density at radius 2 is 1.95 bits per heavy atom. The molecule has 0 saturated carbocycles. The number of rotatable bonds is 4. The van der Waals surface area contributed by atoms with Gasteiger partial charge in [-0.25, -0.2) is 12.8 Å². The van der Waals surface area contributed by atoms with E-state index in [1.807, 2.05) is 13.8 Å². The second-order valence-corrected chi connectivity index (χ2v) is 7.91. The lowest BCUT2D eigenvalue weighted by Gasteiger charge is -2.25. The molecule has 0 aromatic heterocycles. The van der Waals surface area contributed by atoms with Crippen LogP contribution >= 0.6 is 0 Å². The topological polar surface area (TPSA) is 81.4 Å². The maximum absolute atomic E-state index is 13.8. The van der Waals surface area contributed by atoms with Gasteiger partial charge in [-0.1, -0.05) is 0 Å². The summed E-state index contributed by atoms with van der Waals surface area (Å²) in [7, 11) is -2.90. The lowest BCUT2D eigenvalue weighted by molar-refractivity contribution is 0.231. The van der Waals surface area contributed by atoms with Gasteiger partial charge in [0.1, 0.15) is 9.84 Å². The van der Waals surface area contributed by atoms with E-state index < -0.39 is 15.7 Å². The Bertz CT molecular complexity index is 603. The van der Waals surface area contributed by atoms with E-state index in [0.29, 0.717) is 18.5 Å². The molecule has 0 bridgehead atoms. The first-order valence-electron chi connectivity index (χ1n) is 6.99. The molecule has 7 heteroatoms. The quantitative estimate of drug-likeness (QED) is 0.832. The molecular weight excluding hydrogens is 295 g/mol. The fraction of sp³-hybridized carbons (Fsp3) is 0.571. The highest BCUT2D eigenvalue weighted by Gasteiger charge is 2.24. The molecule has 1 saturated heterocycles. The van der Waals surface area contributed by atoms with Crippen LogP contribution in [-0.4, -0.2) is 32.1 Å². The largest absolute Gasteiger partial charge is 0.488 e. The van der Waals surface area contributed by atoms with Gasteiger partial charge in [0, 0.05) is 18.2 Å². The first kappa shape index (κ1) is 15.9. The third-order valence-corrected chi connectivity index (χ3v) is 5.10. The van der Waals surface area contributed by atoms with Crippen molar-refractivity contribution >= 4 is 21.2 Å². The lowest BCUT2D eigenvalue weighted by Crippen LogP contribution is -2.32. The molecule has 1 fully saturated rings. The van der Waals surface area contributed by atoms with Gasteiger partial charge >= 0.3 is 0 Å². The Labute approximate surface area is 124 Å². The molecule has 1 heterocycles. The Morgan fingerprint density at radius 1 is 1.33 bits per heavy atom. The van der Waals surface area contributed by atoms with E-state index in [2.05, 4.69) is 5.32 Å². The molecule has 1 aliphatic heterocycles. The number of hydrogen-bond acceptors (Lipinski definition) is 5. The van der Waals surface area contributed by atoms with Gasteiger partial charge in [0.05, 0.1) is 29.0 Å². The number of halogens is 1. The monoisotopic (exact) mass is 316 g/mol. The molecule has 0 aliphatic carbocycles. The molecule has 0 unspecified atom stereocenters. The molecular formula is C14H21FN2O3S. The molecule has 1 aliphatic rings. The van der Waals surface area contributed by atoms with Crippen LogP contribution in [0.1, 0.15) is 26.7 Å². The fourth-order valence-corrected chi connectivity index (χ4v) is 3.78. The Kier molecular flexibility index (Phi) is 4.61. The van der Waals surface area contributed by atoms with Crippen molar-refractivity contribution in [3.05, 3.63) is 17.9 Å². The van der Waals surface area contributed by atoms with Gasteiger partial charge in [-0.3, -0.25) is 0 Å². The van der Waals surface area contributed by atoms with E-state index in [0.717, 1.165) is 0 Å². The first-order chi connectivity index (χ1) is 9.77. The minimum atomic E-state index is -2.90. The first-order valence-corrected chi connectivity index (χ1v) is 8.81. The minimum absolute atomic E-state index is 0.0215. The predicted octanol–water partition coefficient (Wildman–Crippen LogP) is 2.18. The maximum atomic E-state index is 13.8. The van der Waals surface area contributed by atoms with Crippen molar-refractivity contribution in [2.75, 3.05) is 22.6 Å². The summed E-state index contributed by atoms with van der Waals surface area (Å²) in [6, 6.07) is 2.78. The SMILES string of the molecule is CC(C)Oc1cc(NC2CCS(=O)(=O)CC2)c(N)cc1F. The summed E-state index contributed by atoms with van der Waals surface area (Å²) in [6.07, 6.45) is 0.912. The number of sulfone groups is 1. The second-order valence-electron chi connectivity index (χ2n) is 5.61. The number of anilines is 2. The van der Waals surface area contributed by atoms with Gasteiger partial charge < -0.3 is 15.8 Å². The summed E-state index contributed by atoms with van der Waals surface area (Å²) in [5.41, 5.74) is 6.68. The Morgan fingerprint density at radius 3 is 2.52 bits per heavy atom. The second kappa shape index (κ2) is 6.09. The highest BCUT2D eigenvalue weighted by molar-refractivity contribution is 7.91. The number of hydrogen-bond donors (Lipinski definition) is 2. The van der Waals surface area contributed by atoms with E-state index >= 15 is 0 Å². The zero-order valence-corrected chi connectivity index (χ0v) is 13.0. The summed E-state index contributed by atoms with van der Waals surface area (Å²) in [5.74, 6) is -0.0227. The van der Waals surface area contributed by atoms with Gasteiger partial charge in [-0.2, -0.15) is 0 Å². The van der Waals surface area contributed by atoms with Crippen molar-refractivity contribution in [2.24, 2.45) is 0 Å². The number of nitrogens with two attached hydrogens (primary N) is 1. The van der Waals surface area contributed by atoms with Gasteiger partial charge in [0.15, 0.2) is 11.6 Å². The van der Waals surface area contributed by atoms with Gasteiger partial charge in [-0.05, 0) is 26.7 Å². The van der Waals surface area contributed by atoms with Crippen molar-refractivity contribution < 1.29 is 17.5 Å². The van der Waals surface area contributed by atoms with Crippen molar-refractivity contribution in [3.63, 3.8) is 0 Å². The molecule has 0 spiro atoms. The maximum Gasteiger partial charge on any atom is 0.167 e. The average molecular weight is 316 g/mol. The molecule has 5 nitrogen and oxygen atoms in total. The van der Waals surface area contributed by atoms with E-state index in [1.165, 1.54) is 12.1 Å². The number of nitrogens with one attached hydrogen (secondary N) is 1. The molecule has 2 rings (SSSR count). The summed E-state index contributed by atoms with van der Waals surface area (Å²) in [6.45, 7) is 3.63. The van der Waals surface area contributed by atoms with Gasteiger partial charge in [0.25, 0.3) is 0 Å². The average Bonchev–Trinajstić information content (AvgIpc) is 2.37. The summed E-state index contributed by atoms with van der Waals surface area (Å²) >= 11 is 0. The third-order valence-electron chi connectivity index (χ3n) is 3.38. The minimum Gasteiger partial charge on any atom is -0.488 e. The highest BCUT2D eigenvalue weighted by atomic mass is 32.2. The third kappa shape index (κ3) is 4.23. The smallest absolute Gasteiger partial charge is 0.167 e. The summed E-state index contributed by atoms with van der Waals surface area (Å²) < 4.78 is 42.0. The van der Waals surface area contributed by atoms with Crippen LogP contribution in [-0.2, 0) is 9.84 Å². The zero-order valence-electron chi connectivity index (χ0n) is 12.2. The molecule has 1 aromatic rings. The fourth-order valence-electron chi connectivity index (χ4n) is 2.29. The van der Waals surface area contributed by atoms with Crippen LogP contribution in [0.5, 0.6) is 5.75 Å². The van der Waals surface area contributed by atoms with Crippen LogP contribution in [0, 0.1) is 5.82 Å². The van der Waals surface area contributed by atoms with Crippen LogP contribution < -0.4 is 15.8 Å². The Hall–Kier alpha value is -1.50. The Balaban J connectivity index is 2.12. The standard InChI is InChI=1S/C14H21FN2O3S/c1-9(2)20-14-8-13(12(16)7-11(14)15)17-10-3-5-21(18,19)6-4-10/h7-10,17H,3-6,16H2,1-2H3. The highest BCUT2D eigenvalue weighted by Crippen LogP contribution is 2.30. The number of nitrogen functional groups attached to an aromatic ring is 1. The van der Waals surface area contributed by atoms with Gasteiger partial charge in [0.2, 0.25) is 0 Å². The van der Waals surface area contributed by atoms with Crippen molar-refractivity contribution in [1.29, 1.82) is 0 Å². The molecule has 0 radical (unpaired) electrons. The summed E-state index contributed by atoms with van der Waals surface area (Å²) in [4.78, 5) is 0. The lowest BCUT2D eigenvalue weighted by atomic mass is 10.1. The van der Waals surface area contributed by atoms with Crippen LogP contribution in [0.4, 0.5) is 15.8 Å². The van der Waals surface area contributed by atoms with Crippen molar-refractivity contribution in [1.82, 2.24) is 0 Å². The number of ether oxygens (including phenoxy) is 1. The number of benzene rings is 1. The zero-order chi connectivity index (χ0) is 15.6. The van der Waals surface area contributed by atoms with E-state index in [-0.39, 0.29) is 35.1 Å². The van der Waals surface area contributed by atoms with Gasteiger partial charge in [-0.15, -0.1) is 0 Å². The van der Waals surface area contributed by atoms with Crippen LogP contribution in [0.15, 0.2) is 12.1 Å².